The first-order chi connectivity index (χ1) is 6.77. The molecule has 70 valence electrons. The number of benzene rings is 1. The molecule has 0 aliphatic carbocycles. The van der Waals surface area contributed by atoms with Crippen LogP contribution in [0.2, 0.25) is 0 Å². The number of rotatable bonds is 1. The molecule has 0 bridgehead atoms. The minimum atomic E-state index is -0.139. The Labute approximate surface area is 81.2 Å². The maximum absolute atomic E-state index is 11.0. The van der Waals surface area contributed by atoms with Gasteiger partial charge in [0.1, 0.15) is 5.69 Å². The van der Waals surface area contributed by atoms with Gasteiger partial charge in [0.15, 0.2) is 0 Å². The summed E-state index contributed by atoms with van der Waals surface area (Å²) in [5.74, 6) is -0.139. The number of aromatic nitrogens is 3. The first-order valence-electron chi connectivity index (χ1n) is 4.26. The van der Waals surface area contributed by atoms with Crippen molar-refractivity contribution in [2.75, 3.05) is 0 Å². The summed E-state index contributed by atoms with van der Waals surface area (Å²) in [5, 5.41) is 7.61. The number of carbonyl (C=O) groups excluding carboxylic acids is 1. The van der Waals surface area contributed by atoms with Crippen molar-refractivity contribution in [3.05, 3.63) is 36.5 Å². The van der Waals surface area contributed by atoms with Crippen molar-refractivity contribution in [1.29, 1.82) is 0 Å². The van der Waals surface area contributed by atoms with Crippen LogP contribution in [0, 0.1) is 0 Å². The first-order valence-corrected chi connectivity index (χ1v) is 4.26. The van der Waals surface area contributed by atoms with Crippen LogP contribution in [0.5, 0.6) is 0 Å². The average molecular weight is 187 g/mol. The summed E-state index contributed by atoms with van der Waals surface area (Å²) < 4.78 is 1.22. The van der Waals surface area contributed by atoms with E-state index in [0.717, 1.165) is 5.56 Å². The predicted octanol–water partition coefficient (Wildman–Crippen LogP) is 1.61. The third kappa shape index (κ3) is 1.54. The third-order valence-corrected chi connectivity index (χ3v) is 1.89. The Morgan fingerprint density at radius 2 is 2.00 bits per heavy atom. The van der Waals surface area contributed by atoms with E-state index in [0.29, 0.717) is 5.69 Å². The molecule has 1 aromatic heterocycles. The highest BCUT2D eigenvalue weighted by Gasteiger charge is 2.04. The Balaban J connectivity index is 2.39. The van der Waals surface area contributed by atoms with Crippen LogP contribution in [0.25, 0.3) is 11.3 Å². The SMILES string of the molecule is CC(=O)n1cc(-c2ccccc2)nn1. The van der Waals surface area contributed by atoms with E-state index in [1.165, 1.54) is 11.6 Å². The lowest BCUT2D eigenvalue weighted by Gasteiger charge is -1.92. The number of hydrogen-bond acceptors (Lipinski definition) is 3. The Bertz CT molecular complexity index is 447. The minimum absolute atomic E-state index is 0.139. The molecule has 4 nitrogen and oxygen atoms in total. The maximum Gasteiger partial charge on any atom is 0.245 e. The quantitative estimate of drug-likeness (QED) is 0.681. The summed E-state index contributed by atoms with van der Waals surface area (Å²) in [6.45, 7) is 1.45. The standard InChI is InChI=1S/C10H9N3O/c1-8(14)13-7-10(11-12-13)9-5-3-2-4-6-9/h2-7H,1H3. The summed E-state index contributed by atoms with van der Waals surface area (Å²) in [4.78, 5) is 11.0. The van der Waals surface area contributed by atoms with E-state index in [9.17, 15) is 4.79 Å². The summed E-state index contributed by atoms with van der Waals surface area (Å²) in [6.07, 6.45) is 1.62. The van der Waals surface area contributed by atoms with Crippen molar-refractivity contribution in [3.63, 3.8) is 0 Å². The van der Waals surface area contributed by atoms with Crippen molar-refractivity contribution in [3.8, 4) is 11.3 Å². The van der Waals surface area contributed by atoms with Gasteiger partial charge in [-0.25, -0.2) is 0 Å². The van der Waals surface area contributed by atoms with E-state index in [2.05, 4.69) is 10.3 Å². The molecule has 0 saturated heterocycles. The lowest BCUT2D eigenvalue weighted by molar-refractivity contribution is 0.0919. The minimum Gasteiger partial charge on any atom is -0.273 e. The van der Waals surface area contributed by atoms with E-state index in [1.807, 2.05) is 30.3 Å². The topological polar surface area (TPSA) is 47.8 Å². The van der Waals surface area contributed by atoms with Gasteiger partial charge in [-0.3, -0.25) is 4.79 Å². The molecule has 0 amide bonds. The summed E-state index contributed by atoms with van der Waals surface area (Å²) >= 11 is 0. The van der Waals surface area contributed by atoms with Crippen LogP contribution < -0.4 is 0 Å². The molecule has 2 aromatic rings. The summed E-state index contributed by atoms with van der Waals surface area (Å²) in [7, 11) is 0. The molecule has 0 saturated carbocycles. The second-order valence-electron chi connectivity index (χ2n) is 2.93. The number of carbonyl (C=O) groups is 1. The van der Waals surface area contributed by atoms with Crippen LogP contribution >= 0.6 is 0 Å². The maximum atomic E-state index is 11.0. The molecule has 0 aliphatic rings. The fourth-order valence-corrected chi connectivity index (χ4v) is 1.16. The molecular weight excluding hydrogens is 178 g/mol. The smallest absolute Gasteiger partial charge is 0.245 e. The second kappa shape index (κ2) is 3.41. The Hall–Kier alpha value is -1.97. The highest BCUT2D eigenvalue weighted by molar-refractivity contribution is 5.76. The highest BCUT2D eigenvalue weighted by atomic mass is 16.2. The molecule has 4 heteroatoms. The van der Waals surface area contributed by atoms with E-state index in [-0.39, 0.29) is 5.91 Å². The van der Waals surface area contributed by atoms with Crippen LogP contribution in [0.15, 0.2) is 36.5 Å². The zero-order valence-corrected chi connectivity index (χ0v) is 7.71. The number of hydrogen-bond donors (Lipinski definition) is 0. The molecule has 0 fully saturated rings. The van der Waals surface area contributed by atoms with Crippen molar-refractivity contribution in [2.24, 2.45) is 0 Å². The Morgan fingerprint density at radius 3 is 2.57 bits per heavy atom. The Kier molecular flexibility index (Phi) is 2.10. The molecule has 0 unspecified atom stereocenters. The second-order valence-corrected chi connectivity index (χ2v) is 2.93. The molecular formula is C10H9N3O. The fraction of sp³-hybridized carbons (Fsp3) is 0.100. The summed E-state index contributed by atoms with van der Waals surface area (Å²) in [5.41, 5.74) is 1.67. The first kappa shape index (κ1) is 8.62. The molecule has 2 rings (SSSR count). The largest absolute Gasteiger partial charge is 0.273 e. The predicted molar refractivity (Wildman–Crippen MR) is 51.8 cm³/mol. The van der Waals surface area contributed by atoms with Gasteiger partial charge in [-0.2, -0.15) is 4.68 Å². The molecule has 0 spiro atoms. The van der Waals surface area contributed by atoms with Crippen molar-refractivity contribution < 1.29 is 4.79 Å². The van der Waals surface area contributed by atoms with E-state index >= 15 is 0 Å². The molecule has 0 N–H and O–H groups in total. The average Bonchev–Trinajstić information content (AvgIpc) is 2.68. The van der Waals surface area contributed by atoms with Gasteiger partial charge in [0.05, 0.1) is 6.20 Å². The lowest BCUT2D eigenvalue weighted by atomic mass is 10.2. The molecule has 1 heterocycles. The lowest BCUT2D eigenvalue weighted by Crippen LogP contribution is -2.05. The summed E-state index contributed by atoms with van der Waals surface area (Å²) in [6, 6.07) is 9.62. The molecule has 0 radical (unpaired) electrons. The van der Waals surface area contributed by atoms with Gasteiger partial charge >= 0.3 is 0 Å². The normalized spacial score (nSPS) is 10.1. The zero-order chi connectivity index (χ0) is 9.97. The van der Waals surface area contributed by atoms with E-state index < -0.39 is 0 Å². The van der Waals surface area contributed by atoms with Gasteiger partial charge in [0.2, 0.25) is 5.91 Å². The zero-order valence-electron chi connectivity index (χ0n) is 7.71. The van der Waals surface area contributed by atoms with Gasteiger partial charge in [0, 0.05) is 12.5 Å². The van der Waals surface area contributed by atoms with Crippen LogP contribution in [-0.4, -0.2) is 20.9 Å². The monoisotopic (exact) mass is 187 g/mol. The van der Waals surface area contributed by atoms with E-state index in [4.69, 9.17) is 0 Å². The van der Waals surface area contributed by atoms with Gasteiger partial charge in [-0.15, -0.1) is 5.10 Å². The van der Waals surface area contributed by atoms with Gasteiger partial charge in [-0.1, -0.05) is 35.5 Å². The molecule has 0 atom stereocenters. The van der Waals surface area contributed by atoms with Crippen LogP contribution in [-0.2, 0) is 0 Å². The van der Waals surface area contributed by atoms with Crippen molar-refractivity contribution >= 4 is 5.91 Å². The Morgan fingerprint density at radius 1 is 1.29 bits per heavy atom. The third-order valence-electron chi connectivity index (χ3n) is 1.89. The fourth-order valence-electron chi connectivity index (χ4n) is 1.16. The molecule has 14 heavy (non-hydrogen) atoms. The van der Waals surface area contributed by atoms with Crippen LogP contribution in [0.1, 0.15) is 11.7 Å². The van der Waals surface area contributed by atoms with Gasteiger partial charge in [-0.05, 0) is 0 Å². The highest BCUT2D eigenvalue weighted by Crippen LogP contribution is 2.14. The van der Waals surface area contributed by atoms with Gasteiger partial charge in [0.25, 0.3) is 0 Å². The van der Waals surface area contributed by atoms with Gasteiger partial charge < -0.3 is 0 Å². The molecule has 0 aliphatic heterocycles. The van der Waals surface area contributed by atoms with Crippen molar-refractivity contribution in [2.45, 2.75) is 6.92 Å². The van der Waals surface area contributed by atoms with E-state index in [1.54, 1.807) is 6.20 Å². The van der Waals surface area contributed by atoms with Crippen LogP contribution in [0.4, 0.5) is 0 Å². The van der Waals surface area contributed by atoms with Crippen molar-refractivity contribution in [1.82, 2.24) is 15.0 Å². The number of nitrogens with zero attached hydrogens (tertiary/aromatic N) is 3. The molecule has 1 aromatic carbocycles. The van der Waals surface area contributed by atoms with Crippen LogP contribution in [0.3, 0.4) is 0 Å².